The molecule has 0 aliphatic heterocycles. The van der Waals surface area contributed by atoms with Crippen LogP contribution in [-0.2, 0) is 10.8 Å². The van der Waals surface area contributed by atoms with Crippen LogP contribution in [0.25, 0.3) is 0 Å². The summed E-state index contributed by atoms with van der Waals surface area (Å²) in [4.78, 5) is 0. The Labute approximate surface area is 88.1 Å². The normalized spacial score (nSPS) is 23.4. The van der Waals surface area contributed by atoms with Gasteiger partial charge in [-0.15, -0.1) is 0 Å². The lowest BCUT2D eigenvalue weighted by Gasteiger charge is -2.33. The molecule has 0 saturated carbocycles. The first-order chi connectivity index (χ1) is 6.38. The fourth-order valence-corrected chi connectivity index (χ4v) is 2.84. The predicted molar refractivity (Wildman–Crippen MR) is 62.0 cm³/mol. The van der Waals surface area contributed by atoms with E-state index in [-0.39, 0.29) is 16.6 Å². The van der Waals surface area contributed by atoms with Crippen LogP contribution in [0, 0.1) is 0 Å². The van der Waals surface area contributed by atoms with E-state index in [0.29, 0.717) is 0 Å². The highest BCUT2D eigenvalue weighted by atomic mass is 14.5. The Morgan fingerprint density at radius 3 is 1.64 bits per heavy atom. The van der Waals surface area contributed by atoms with Crippen LogP contribution in [0.2, 0.25) is 5.82 Å². The SMILES string of the molecule is [B]C1C(C)(C)c2ccccc2C1(C)C. The predicted octanol–water partition coefficient (Wildman–Crippen LogP) is 3.21. The van der Waals surface area contributed by atoms with Gasteiger partial charge in [-0.3, -0.25) is 0 Å². The van der Waals surface area contributed by atoms with Gasteiger partial charge in [0.25, 0.3) is 0 Å². The van der Waals surface area contributed by atoms with Crippen molar-refractivity contribution in [1.29, 1.82) is 0 Å². The zero-order chi connectivity index (χ0) is 10.6. The summed E-state index contributed by atoms with van der Waals surface area (Å²) in [6, 6.07) is 8.64. The van der Waals surface area contributed by atoms with Crippen molar-refractivity contribution in [2.24, 2.45) is 0 Å². The van der Waals surface area contributed by atoms with Crippen molar-refractivity contribution < 1.29 is 0 Å². The molecule has 2 radical (unpaired) electrons. The van der Waals surface area contributed by atoms with Crippen molar-refractivity contribution in [2.45, 2.75) is 44.3 Å². The van der Waals surface area contributed by atoms with E-state index in [4.69, 9.17) is 7.85 Å². The van der Waals surface area contributed by atoms with E-state index >= 15 is 0 Å². The van der Waals surface area contributed by atoms with Crippen LogP contribution in [0.15, 0.2) is 24.3 Å². The average molecular weight is 184 g/mol. The second kappa shape index (κ2) is 2.65. The molecule has 0 atom stereocenters. The summed E-state index contributed by atoms with van der Waals surface area (Å²) in [7, 11) is 6.34. The molecule has 0 nitrogen and oxygen atoms in total. The van der Waals surface area contributed by atoms with Gasteiger partial charge in [-0.1, -0.05) is 57.8 Å². The molecule has 1 aliphatic carbocycles. The molecule has 0 bridgehead atoms. The van der Waals surface area contributed by atoms with Gasteiger partial charge in [0, 0.05) is 0 Å². The smallest absolute Gasteiger partial charge is 0.0620 e. The lowest BCUT2D eigenvalue weighted by molar-refractivity contribution is 0.404. The van der Waals surface area contributed by atoms with Gasteiger partial charge < -0.3 is 0 Å². The van der Waals surface area contributed by atoms with E-state index in [1.54, 1.807) is 0 Å². The Morgan fingerprint density at radius 1 is 0.929 bits per heavy atom. The van der Waals surface area contributed by atoms with E-state index in [2.05, 4.69) is 52.0 Å². The molecule has 0 amide bonds. The van der Waals surface area contributed by atoms with Crippen LogP contribution in [0.5, 0.6) is 0 Å². The second-order valence-electron chi connectivity index (χ2n) is 5.47. The Hall–Kier alpha value is -0.715. The zero-order valence-electron chi connectivity index (χ0n) is 9.46. The molecule has 2 rings (SSSR count). The van der Waals surface area contributed by atoms with Crippen LogP contribution in [0.4, 0.5) is 0 Å². The summed E-state index contributed by atoms with van der Waals surface area (Å²) in [6.07, 6.45) is 0. The third-order valence-electron chi connectivity index (χ3n) is 3.87. The molecule has 1 aromatic carbocycles. The minimum Gasteiger partial charge on any atom is -0.0620 e. The standard InChI is InChI=1S/C13H17B/c1-12(2)9-7-5-6-8-10(9)13(3,4)11(12)14/h5-8,11H,1-4H3. The fraction of sp³-hybridized carbons (Fsp3) is 0.538. The molecular formula is C13H17B. The van der Waals surface area contributed by atoms with Gasteiger partial charge in [-0.25, -0.2) is 0 Å². The van der Waals surface area contributed by atoms with Crippen molar-refractivity contribution >= 4 is 7.85 Å². The second-order valence-corrected chi connectivity index (χ2v) is 5.47. The highest BCUT2D eigenvalue weighted by Gasteiger charge is 2.47. The number of hydrogen-bond acceptors (Lipinski definition) is 0. The van der Waals surface area contributed by atoms with Gasteiger partial charge in [-0.05, 0) is 22.0 Å². The van der Waals surface area contributed by atoms with Crippen LogP contribution < -0.4 is 0 Å². The van der Waals surface area contributed by atoms with Crippen LogP contribution in [0.3, 0.4) is 0 Å². The summed E-state index contributed by atoms with van der Waals surface area (Å²) in [5.74, 6) is 0.201. The zero-order valence-corrected chi connectivity index (χ0v) is 9.46. The monoisotopic (exact) mass is 184 g/mol. The van der Waals surface area contributed by atoms with Crippen molar-refractivity contribution in [2.75, 3.05) is 0 Å². The number of benzene rings is 1. The van der Waals surface area contributed by atoms with E-state index in [1.165, 1.54) is 11.1 Å². The molecule has 0 heterocycles. The quantitative estimate of drug-likeness (QED) is 0.543. The van der Waals surface area contributed by atoms with Crippen molar-refractivity contribution in [3.8, 4) is 0 Å². The van der Waals surface area contributed by atoms with Crippen molar-refractivity contribution in [3.63, 3.8) is 0 Å². The number of rotatable bonds is 0. The van der Waals surface area contributed by atoms with Gasteiger partial charge in [0.05, 0.1) is 7.85 Å². The third kappa shape index (κ3) is 1.02. The lowest BCUT2D eigenvalue weighted by atomic mass is 9.59. The first-order valence-corrected chi connectivity index (χ1v) is 5.24. The van der Waals surface area contributed by atoms with Crippen LogP contribution in [-0.4, -0.2) is 7.85 Å². The summed E-state index contributed by atoms with van der Waals surface area (Å²) >= 11 is 0. The minimum absolute atomic E-state index is 0.0973. The molecule has 1 aromatic rings. The molecule has 0 aromatic heterocycles. The Kier molecular flexibility index (Phi) is 1.86. The van der Waals surface area contributed by atoms with Gasteiger partial charge in [0.1, 0.15) is 0 Å². The van der Waals surface area contributed by atoms with E-state index in [1.807, 2.05) is 0 Å². The molecule has 0 N–H and O–H groups in total. The molecule has 0 spiro atoms. The largest absolute Gasteiger partial charge is 0.0723 e. The lowest BCUT2D eigenvalue weighted by Crippen LogP contribution is -2.28. The Balaban J connectivity index is 2.70. The number of hydrogen-bond donors (Lipinski definition) is 0. The summed E-state index contributed by atoms with van der Waals surface area (Å²) in [6.45, 7) is 8.97. The summed E-state index contributed by atoms with van der Waals surface area (Å²) in [5, 5.41) is 0. The summed E-state index contributed by atoms with van der Waals surface area (Å²) < 4.78 is 0. The molecule has 1 aliphatic rings. The number of fused-ring (bicyclic) bond motifs is 1. The first kappa shape index (κ1) is 9.83. The molecule has 72 valence electrons. The van der Waals surface area contributed by atoms with Crippen LogP contribution >= 0.6 is 0 Å². The molecule has 14 heavy (non-hydrogen) atoms. The van der Waals surface area contributed by atoms with Gasteiger partial charge >= 0.3 is 0 Å². The topological polar surface area (TPSA) is 0 Å². The van der Waals surface area contributed by atoms with E-state index in [9.17, 15) is 0 Å². The first-order valence-electron chi connectivity index (χ1n) is 5.24. The minimum atomic E-state index is 0.0973. The van der Waals surface area contributed by atoms with Crippen LogP contribution in [0.1, 0.15) is 38.8 Å². The fourth-order valence-electron chi connectivity index (χ4n) is 2.84. The summed E-state index contributed by atoms with van der Waals surface area (Å²) in [5.41, 5.74) is 3.02. The Bertz CT molecular complexity index is 328. The van der Waals surface area contributed by atoms with E-state index < -0.39 is 0 Å². The average Bonchev–Trinajstić information content (AvgIpc) is 2.28. The molecular weight excluding hydrogens is 167 g/mol. The van der Waals surface area contributed by atoms with Crippen molar-refractivity contribution in [1.82, 2.24) is 0 Å². The molecule has 0 fully saturated rings. The Morgan fingerprint density at radius 2 is 1.29 bits per heavy atom. The van der Waals surface area contributed by atoms with E-state index in [0.717, 1.165) is 0 Å². The van der Waals surface area contributed by atoms with Gasteiger partial charge in [0.2, 0.25) is 0 Å². The third-order valence-corrected chi connectivity index (χ3v) is 3.87. The highest BCUT2D eigenvalue weighted by molar-refractivity contribution is 6.14. The maximum absolute atomic E-state index is 6.34. The van der Waals surface area contributed by atoms with Gasteiger partial charge in [0.15, 0.2) is 0 Å². The highest BCUT2D eigenvalue weighted by Crippen LogP contribution is 2.55. The maximum Gasteiger partial charge on any atom is 0.0723 e. The molecule has 0 saturated heterocycles. The molecule has 0 unspecified atom stereocenters. The van der Waals surface area contributed by atoms with Crippen molar-refractivity contribution in [3.05, 3.63) is 35.4 Å². The van der Waals surface area contributed by atoms with Gasteiger partial charge in [-0.2, -0.15) is 0 Å². The maximum atomic E-state index is 6.34. The molecule has 1 heteroatoms.